The molecule has 2 aromatic heterocycles. The van der Waals surface area contributed by atoms with Gasteiger partial charge in [0.2, 0.25) is 5.91 Å². The van der Waals surface area contributed by atoms with E-state index in [9.17, 15) is 9.59 Å². The monoisotopic (exact) mass is 471 g/mol. The summed E-state index contributed by atoms with van der Waals surface area (Å²) < 4.78 is 7.11. The van der Waals surface area contributed by atoms with Crippen molar-refractivity contribution in [2.24, 2.45) is 0 Å². The molecule has 180 valence electrons. The summed E-state index contributed by atoms with van der Waals surface area (Å²) in [6.07, 6.45) is 1.65. The van der Waals surface area contributed by atoms with Gasteiger partial charge in [0.1, 0.15) is 5.75 Å². The lowest BCUT2D eigenvalue weighted by atomic mass is 10.0. The Morgan fingerprint density at radius 1 is 1.09 bits per heavy atom. The maximum atomic E-state index is 13.3. The van der Waals surface area contributed by atoms with Gasteiger partial charge in [-0.05, 0) is 57.0 Å². The predicted molar refractivity (Wildman–Crippen MR) is 137 cm³/mol. The number of carbonyl (C=O) groups is 2. The lowest BCUT2D eigenvalue weighted by molar-refractivity contribution is -0.115. The third kappa shape index (κ3) is 5.01. The minimum atomic E-state index is -0.373. The molecule has 0 saturated heterocycles. The summed E-state index contributed by atoms with van der Waals surface area (Å²) >= 11 is 0. The molecule has 0 spiro atoms. The summed E-state index contributed by atoms with van der Waals surface area (Å²) in [4.78, 5) is 30.7. The van der Waals surface area contributed by atoms with Crippen LogP contribution in [0.25, 0.3) is 22.3 Å². The van der Waals surface area contributed by atoms with Crippen molar-refractivity contribution in [3.8, 4) is 17.0 Å². The van der Waals surface area contributed by atoms with Gasteiger partial charge >= 0.3 is 0 Å². The first-order valence-electron chi connectivity index (χ1n) is 11.5. The number of methoxy groups -OCH3 is 1. The van der Waals surface area contributed by atoms with E-state index in [1.165, 1.54) is 0 Å². The van der Waals surface area contributed by atoms with Crippen LogP contribution in [0.3, 0.4) is 0 Å². The lowest BCUT2D eigenvalue weighted by Gasteiger charge is -2.13. The smallest absolute Gasteiger partial charge is 0.252 e. The summed E-state index contributed by atoms with van der Waals surface area (Å²) in [6.45, 7) is 7.76. The second kappa shape index (κ2) is 9.97. The van der Waals surface area contributed by atoms with Crippen molar-refractivity contribution < 1.29 is 14.3 Å². The number of nitrogens with zero attached hydrogens (tertiary/aromatic N) is 3. The first-order valence-corrected chi connectivity index (χ1v) is 11.5. The molecule has 8 heteroatoms. The average molecular weight is 472 g/mol. The molecule has 0 fully saturated rings. The number of hydrogen-bond donors (Lipinski definition) is 2. The summed E-state index contributed by atoms with van der Waals surface area (Å²) in [6, 6.07) is 15.2. The highest BCUT2D eigenvalue weighted by molar-refractivity contribution is 6.08. The summed E-state index contributed by atoms with van der Waals surface area (Å²) in [5, 5.41) is 10.6. The second-order valence-electron chi connectivity index (χ2n) is 8.72. The zero-order valence-corrected chi connectivity index (χ0v) is 20.5. The number of pyridine rings is 1. The predicted octanol–water partition coefficient (Wildman–Crippen LogP) is 4.67. The largest absolute Gasteiger partial charge is 0.495 e. The Kier molecular flexibility index (Phi) is 6.82. The van der Waals surface area contributed by atoms with E-state index in [2.05, 4.69) is 15.7 Å². The second-order valence-corrected chi connectivity index (χ2v) is 8.72. The molecule has 4 rings (SSSR count). The Labute approximate surface area is 204 Å². The molecule has 0 aliphatic heterocycles. The zero-order valence-electron chi connectivity index (χ0n) is 20.5. The van der Waals surface area contributed by atoms with Crippen LogP contribution < -0.4 is 15.4 Å². The Morgan fingerprint density at radius 2 is 1.86 bits per heavy atom. The number of benzene rings is 2. The van der Waals surface area contributed by atoms with E-state index < -0.39 is 0 Å². The van der Waals surface area contributed by atoms with Gasteiger partial charge in [-0.2, -0.15) is 5.10 Å². The minimum Gasteiger partial charge on any atom is -0.495 e. The van der Waals surface area contributed by atoms with Crippen molar-refractivity contribution >= 4 is 28.5 Å². The highest BCUT2D eigenvalue weighted by atomic mass is 16.5. The number of fused-ring (bicyclic) bond motifs is 1. The number of rotatable bonds is 7. The van der Waals surface area contributed by atoms with E-state index in [0.29, 0.717) is 33.7 Å². The molecular weight excluding hydrogens is 442 g/mol. The maximum absolute atomic E-state index is 13.3. The number of anilines is 1. The van der Waals surface area contributed by atoms with Crippen molar-refractivity contribution in [2.75, 3.05) is 19.0 Å². The third-order valence-electron chi connectivity index (χ3n) is 5.76. The Hall–Kier alpha value is -4.20. The summed E-state index contributed by atoms with van der Waals surface area (Å²) in [5.74, 6) is -0.179. The van der Waals surface area contributed by atoms with E-state index >= 15 is 0 Å². The molecule has 0 bridgehead atoms. The zero-order chi connectivity index (χ0) is 25.1. The SMILES string of the molecule is COc1ccc(C)cc1NC(=O)CNC(=O)c1cc(-c2ccccc2C)nc2c1cnn2C(C)C. The molecule has 2 aromatic carbocycles. The van der Waals surface area contributed by atoms with Gasteiger partial charge in [0.05, 0.1) is 42.2 Å². The number of ether oxygens (including phenoxy) is 1. The fourth-order valence-electron chi connectivity index (χ4n) is 3.95. The molecule has 2 heterocycles. The van der Waals surface area contributed by atoms with Crippen LogP contribution in [0.4, 0.5) is 5.69 Å². The van der Waals surface area contributed by atoms with Crippen molar-refractivity contribution in [3.63, 3.8) is 0 Å². The van der Waals surface area contributed by atoms with Crippen molar-refractivity contribution in [1.82, 2.24) is 20.1 Å². The van der Waals surface area contributed by atoms with Gasteiger partial charge in [0.15, 0.2) is 5.65 Å². The highest BCUT2D eigenvalue weighted by Gasteiger charge is 2.20. The van der Waals surface area contributed by atoms with Crippen LogP contribution in [-0.4, -0.2) is 40.2 Å². The number of nitrogens with one attached hydrogen (secondary N) is 2. The summed E-state index contributed by atoms with van der Waals surface area (Å²) in [5.41, 5.74) is 5.24. The first kappa shape index (κ1) is 23.9. The van der Waals surface area contributed by atoms with Crippen molar-refractivity contribution in [2.45, 2.75) is 33.7 Å². The quantitative estimate of drug-likeness (QED) is 0.408. The number of carbonyl (C=O) groups excluding carboxylic acids is 2. The molecule has 0 unspecified atom stereocenters. The Balaban J connectivity index is 1.62. The van der Waals surface area contributed by atoms with Crippen molar-refractivity contribution in [1.29, 1.82) is 0 Å². The van der Waals surface area contributed by atoms with Gasteiger partial charge in [0, 0.05) is 11.6 Å². The van der Waals surface area contributed by atoms with Crippen LogP contribution in [0.15, 0.2) is 54.7 Å². The average Bonchev–Trinajstić information content (AvgIpc) is 3.27. The van der Waals surface area contributed by atoms with Gasteiger partial charge in [-0.3, -0.25) is 9.59 Å². The minimum absolute atomic E-state index is 0.0677. The molecule has 0 atom stereocenters. The molecule has 0 aliphatic carbocycles. The number of hydrogen-bond acceptors (Lipinski definition) is 5. The van der Waals surface area contributed by atoms with Gasteiger partial charge in [-0.25, -0.2) is 9.67 Å². The number of aromatic nitrogens is 3. The normalized spacial score (nSPS) is 11.0. The fraction of sp³-hybridized carbons (Fsp3) is 0.259. The molecule has 8 nitrogen and oxygen atoms in total. The van der Waals surface area contributed by atoms with Crippen LogP contribution in [0.1, 0.15) is 41.4 Å². The molecule has 0 aliphatic rings. The van der Waals surface area contributed by atoms with Crippen LogP contribution in [-0.2, 0) is 4.79 Å². The van der Waals surface area contributed by atoms with Gasteiger partial charge in [-0.1, -0.05) is 30.3 Å². The van der Waals surface area contributed by atoms with E-state index in [-0.39, 0.29) is 24.4 Å². The number of amides is 2. The van der Waals surface area contributed by atoms with Crippen molar-refractivity contribution in [3.05, 3.63) is 71.4 Å². The summed E-state index contributed by atoms with van der Waals surface area (Å²) in [7, 11) is 1.54. The fourth-order valence-corrected chi connectivity index (χ4v) is 3.95. The molecular formula is C27H29N5O3. The van der Waals surface area contributed by atoms with Crippen LogP contribution >= 0.6 is 0 Å². The topological polar surface area (TPSA) is 98.1 Å². The van der Waals surface area contributed by atoms with Crippen LogP contribution in [0, 0.1) is 13.8 Å². The van der Waals surface area contributed by atoms with Crippen LogP contribution in [0.2, 0.25) is 0 Å². The molecule has 4 aromatic rings. The van der Waals surface area contributed by atoms with E-state index in [1.807, 2.05) is 64.1 Å². The molecule has 35 heavy (non-hydrogen) atoms. The number of aryl methyl sites for hydroxylation is 2. The lowest BCUT2D eigenvalue weighted by Crippen LogP contribution is -2.33. The third-order valence-corrected chi connectivity index (χ3v) is 5.76. The Bertz CT molecular complexity index is 1410. The van der Waals surface area contributed by atoms with Gasteiger partial charge < -0.3 is 15.4 Å². The Morgan fingerprint density at radius 3 is 2.57 bits per heavy atom. The maximum Gasteiger partial charge on any atom is 0.252 e. The van der Waals surface area contributed by atoms with Gasteiger partial charge in [0.25, 0.3) is 5.91 Å². The van der Waals surface area contributed by atoms with Gasteiger partial charge in [-0.15, -0.1) is 0 Å². The van der Waals surface area contributed by atoms with E-state index in [0.717, 1.165) is 16.7 Å². The first-order chi connectivity index (χ1) is 16.8. The van der Waals surface area contributed by atoms with Crippen LogP contribution in [0.5, 0.6) is 5.75 Å². The molecule has 2 amide bonds. The standard InChI is InChI=1S/C27H29N5O3/c1-16(2)32-26-21(14-29-32)20(13-22(31-26)19-9-7-6-8-18(19)4)27(34)28-15-25(33)30-23-12-17(3)10-11-24(23)35-5/h6-14,16H,15H2,1-5H3,(H,28,34)(H,30,33). The molecule has 0 radical (unpaired) electrons. The van der Waals surface area contributed by atoms with E-state index in [1.54, 1.807) is 30.1 Å². The molecule has 0 saturated carbocycles. The van der Waals surface area contributed by atoms with E-state index in [4.69, 9.17) is 9.72 Å². The highest BCUT2D eigenvalue weighted by Crippen LogP contribution is 2.28. The molecule has 2 N–H and O–H groups in total.